The average Bonchev–Trinajstić information content (AvgIpc) is 2.66. The summed E-state index contributed by atoms with van der Waals surface area (Å²) >= 11 is 0. The molecule has 1 atom stereocenters. The molecule has 0 bridgehead atoms. The van der Waals surface area contributed by atoms with Crippen molar-refractivity contribution in [3.8, 4) is 11.5 Å². The lowest BCUT2D eigenvalue weighted by Gasteiger charge is -2.24. The first-order valence-electron chi connectivity index (χ1n) is 8.51. The molecule has 0 radical (unpaired) electrons. The van der Waals surface area contributed by atoms with Crippen LogP contribution in [0.15, 0.2) is 48.5 Å². The maximum Gasteiger partial charge on any atom is 0.122 e. The largest absolute Gasteiger partial charge is 0.497 e. The van der Waals surface area contributed by atoms with Crippen molar-refractivity contribution in [3.05, 3.63) is 59.7 Å². The number of methoxy groups -OCH3 is 1. The van der Waals surface area contributed by atoms with E-state index in [1.807, 2.05) is 24.3 Å². The van der Waals surface area contributed by atoms with Gasteiger partial charge < -0.3 is 19.5 Å². The molecule has 4 heteroatoms. The van der Waals surface area contributed by atoms with Gasteiger partial charge in [-0.2, -0.15) is 0 Å². The summed E-state index contributed by atoms with van der Waals surface area (Å²) < 4.78 is 16.9. The number of aryl methyl sites for hydroxylation is 2. The monoisotopic (exact) mass is 327 g/mol. The number of nitrogens with one attached hydrogen (secondary N) is 1. The molecule has 24 heavy (non-hydrogen) atoms. The molecule has 3 rings (SSSR count). The standard InChI is InChI=1S/C20H25NO3/c1-22-18-10-7-16(8-11-18)6-9-17-4-2-3-5-20(17)24-15-19-14-21-12-13-23-19/h2-5,7-8,10-11,19,21H,6,9,12-15H2,1H3. The molecule has 1 saturated heterocycles. The normalized spacial score (nSPS) is 17.5. The summed E-state index contributed by atoms with van der Waals surface area (Å²) in [4.78, 5) is 0. The van der Waals surface area contributed by atoms with Gasteiger partial charge in [-0.15, -0.1) is 0 Å². The smallest absolute Gasteiger partial charge is 0.122 e. The number of ether oxygens (including phenoxy) is 3. The fraction of sp³-hybridized carbons (Fsp3) is 0.400. The van der Waals surface area contributed by atoms with E-state index in [-0.39, 0.29) is 6.10 Å². The minimum Gasteiger partial charge on any atom is -0.497 e. The van der Waals surface area contributed by atoms with Crippen molar-refractivity contribution < 1.29 is 14.2 Å². The van der Waals surface area contributed by atoms with Crippen LogP contribution in [0.3, 0.4) is 0 Å². The second-order valence-corrected chi connectivity index (χ2v) is 5.96. The van der Waals surface area contributed by atoms with E-state index in [0.29, 0.717) is 6.61 Å². The lowest BCUT2D eigenvalue weighted by Crippen LogP contribution is -2.41. The van der Waals surface area contributed by atoms with Gasteiger partial charge in [0.15, 0.2) is 0 Å². The third-order valence-corrected chi connectivity index (χ3v) is 4.24. The highest BCUT2D eigenvalue weighted by Crippen LogP contribution is 2.21. The molecule has 0 aromatic heterocycles. The SMILES string of the molecule is COc1ccc(CCc2ccccc2OCC2CNCCO2)cc1. The number of hydrogen-bond acceptors (Lipinski definition) is 4. The van der Waals surface area contributed by atoms with Crippen molar-refractivity contribution in [2.45, 2.75) is 18.9 Å². The Bertz CT molecular complexity index is 621. The van der Waals surface area contributed by atoms with Gasteiger partial charge in [-0.1, -0.05) is 30.3 Å². The Morgan fingerprint density at radius 2 is 1.92 bits per heavy atom. The van der Waals surface area contributed by atoms with E-state index >= 15 is 0 Å². The number of hydrogen-bond donors (Lipinski definition) is 1. The molecule has 1 unspecified atom stereocenters. The van der Waals surface area contributed by atoms with E-state index in [1.165, 1.54) is 11.1 Å². The van der Waals surface area contributed by atoms with E-state index in [0.717, 1.165) is 44.0 Å². The van der Waals surface area contributed by atoms with Crippen molar-refractivity contribution in [1.82, 2.24) is 5.32 Å². The van der Waals surface area contributed by atoms with Gasteiger partial charge in [-0.05, 0) is 42.2 Å². The summed E-state index contributed by atoms with van der Waals surface area (Å²) in [6, 6.07) is 16.5. The molecule has 1 N–H and O–H groups in total. The quantitative estimate of drug-likeness (QED) is 0.849. The van der Waals surface area contributed by atoms with E-state index in [9.17, 15) is 0 Å². The van der Waals surface area contributed by atoms with Crippen molar-refractivity contribution in [2.24, 2.45) is 0 Å². The van der Waals surface area contributed by atoms with Gasteiger partial charge in [0, 0.05) is 13.1 Å². The molecule has 1 aliphatic rings. The van der Waals surface area contributed by atoms with Crippen LogP contribution in [0.25, 0.3) is 0 Å². The van der Waals surface area contributed by atoms with Gasteiger partial charge >= 0.3 is 0 Å². The van der Waals surface area contributed by atoms with Gasteiger partial charge in [0.1, 0.15) is 24.2 Å². The van der Waals surface area contributed by atoms with Crippen LogP contribution in [0.4, 0.5) is 0 Å². The lowest BCUT2D eigenvalue weighted by atomic mass is 10.0. The number of benzene rings is 2. The Morgan fingerprint density at radius 1 is 1.08 bits per heavy atom. The second kappa shape index (κ2) is 8.71. The number of para-hydroxylation sites is 1. The first kappa shape index (κ1) is 16.8. The molecule has 128 valence electrons. The van der Waals surface area contributed by atoms with E-state index < -0.39 is 0 Å². The highest BCUT2D eigenvalue weighted by Gasteiger charge is 2.14. The van der Waals surface area contributed by atoms with Gasteiger partial charge in [0.25, 0.3) is 0 Å². The first-order valence-corrected chi connectivity index (χ1v) is 8.51. The lowest BCUT2D eigenvalue weighted by molar-refractivity contribution is 0.0000137. The molecule has 1 heterocycles. The van der Waals surface area contributed by atoms with Crippen LogP contribution in [-0.2, 0) is 17.6 Å². The molecular weight excluding hydrogens is 302 g/mol. The summed E-state index contributed by atoms with van der Waals surface area (Å²) in [5, 5.41) is 3.33. The molecular formula is C20H25NO3. The van der Waals surface area contributed by atoms with Crippen molar-refractivity contribution in [2.75, 3.05) is 33.4 Å². The highest BCUT2D eigenvalue weighted by molar-refractivity contribution is 5.35. The first-order chi connectivity index (χ1) is 11.8. The van der Waals surface area contributed by atoms with Crippen LogP contribution >= 0.6 is 0 Å². The number of morpholine rings is 1. The fourth-order valence-corrected chi connectivity index (χ4v) is 2.83. The van der Waals surface area contributed by atoms with Crippen LogP contribution in [0.5, 0.6) is 11.5 Å². The van der Waals surface area contributed by atoms with Crippen LogP contribution in [-0.4, -0.2) is 39.5 Å². The minimum atomic E-state index is 0.133. The molecule has 1 aliphatic heterocycles. The third kappa shape index (κ3) is 4.73. The molecule has 2 aromatic rings. The van der Waals surface area contributed by atoms with Crippen molar-refractivity contribution in [3.63, 3.8) is 0 Å². The summed E-state index contributed by atoms with van der Waals surface area (Å²) in [6.07, 6.45) is 2.06. The van der Waals surface area contributed by atoms with Crippen molar-refractivity contribution >= 4 is 0 Å². The fourth-order valence-electron chi connectivity index (χ4n) is 2.83. The Hall–Kier alpha value is -2.04. The van der Waals surface area contributed by atoms with Crippen LogP contribution in [0, 0.1) is 0 Å². The maximum atomic E-state index is 6.02. The Balaban J connectivity index is 1.56. The summed E-state index contributed by atoms with van der Waals surface area (Å²) in [6.45, 7) is 3.13. The zero-order chi connectivity index (χ0) is 16.6. The zero-order valence-corrected chi connectivity index (χ0v) is 14.2. The predicted octanol–water partition coefficient (Wildman–Crippen LogP) is 2.85. The van der Waals surface area contributed by atoms with E-state index in [2.05, 4.69) is 29.6 Å². The van der Waals surface area contributed by atoms with Gasteiger partial charge in [-0.3, -0.25) is 0 Å². The van der Waals surface area contributed by atoms with E-state index in [4.69, 9.17) is 14.2 Å². The van der Waals surface area contributed by atoms with Gasteiger partial charge in [-0.25, -0.2) is 0 Å². The molecule has 0 amide bonds. The summed E-state index contributed by atoms with van der Waals surface area (Å²) in [7, 11) is 1.69. The minimum absolute atomic E-state index is 0.133. The predicted molar refractivity (Wildman–Crippen MR) is 94.9 cm³/mol. The molecule has 2 aromatic carbocycles. The van der Waals surface area contributed by atoms with Crippen LogP contribution < -0.4 is 14.8 Å². The average molecular weight is 327 g/mol. The molecule has 0 spiro atoms. The van der Waals surface area contributed by atoms with Crippen molar-refractivity contribution in [1.29, 1.82) is 0 Å². The Labute approximate surface area is 143 Å². The maximum absolute atomic E-state index is 6.02. The molecule has 0 aliphatic carbocycles. The topological polar surface area (TPSA) is 39.7 Å². The van der Waals surface area contributed by atoms with Gasteiger partial charge in [0.2, 0.25) is 0 Å². The third-order valence-electron chi connectivity index (χ3n) is 4.24. The number of rotatable bonds is 7. The summed E-state index contributed by atoms with van der Waals surface area (Å²) in [5.74, 6) is 1.85. The highest BCUT2D eigenvalue weighted by atomic mass is 16.5. The van der Waals surface area contributed by atoms with Gasteiger partial charge in [0.05, 0.1) is 13.7 Å². The molecule has 1 fully saturated rings. The second-order valence-electron chi connectivity index (χ2n) is 5.96. The zero-order valence-electron chi connectivity index (χ0n) is 14.2. The van der Waals surface area contributed by atoms with Crippen LogP contribution in [0.2, 0.25) is 0 Å². The van der Waals surface area contributed by atoms with E-state index in [1.54, 1.807) is 7.11 Å². The Kier molecular flexibility index (Phi) is 6.10. The summed E-state index contributed by atoms with van der Waals surface area (Å²) in [5.41, 5.74) is 2.53. The van der Waals surface area contributed by atoms with Crippen LogP contribution in [0.1, 0.15) is 11.1 Å². The Morgan fingerprint density at radius 3 is 2.67 bits per heavy atom. The molecule has 0 saturated carbocycles. The molecule has 4 nitrogen and oxygen atoms in total.